The van der Waals surface area contributed by atoms with E-state index < -0.39 is 17.9 Å². The van der Waals surface area contributed by atoms with Crippen LogP contribution in [0, 0.1) is 0 Å². The number of halogens is 2. The molecule has 0 radical (unpaired) electrons. The van der Waals surface area contributed by atoms with Crippen LogP contribution < -0.4 is 4.90 Å². The molecule has 4 rings (SSSR count). The molecule has 27 heavy (non-hydrogen) atoms. The van der Waals surface area contributed by atoms with Gasteiger partial charge < -0.3 is 10.0 Å². The van der Waals surface area contributed by atoms with Crippen LogP contribution in [0.5, 0.6) is 0 Å². The van der Waals surface area contributed by atoms with Gasteiger partial charge in [0.2, 0.25) is 5.91 Å². The zero-order chi connectivity index (χ0) is 19.3. The fraction of sp³-hybridized carbons (Fsp3) is 0.300. The van der Waals surface area contributed by atoms with Gasteiger partial charge >= 0.3 is 0 Å². The molecule has 2 aliphatic rings. The molecular weight excluding hydrogens is 387 g/mol. The van der Waals surface area contributed by atoms with Crippen LogP contribution in [-0.4, -0.2) is 41.5 Å². The van der Waals surface area contributed by atoms with Crippen LogP contribution in [0.25, 0.3) is 0 Å². The molecular formula is C20H18Cl2N2O3. The molecule has 2 amide bonds. The van der Waals surface area contributed by atoms with E-state index in [4.69, 9.17) is 23.2 Å². The molecule has 140 valence electrons. The molecule has 2 aliphatic heterocycles. The summed E-state index contributed by atoms with van der Waals surface area (Å²) >= 11 is 12.7. The molecule has 0 bridgehead atoms. The molecule has 1 fully saturated rings. The highest BCUT2D eigenvalue weighted by Gasteiger charge is 2.40. The van der Waals surface area contributed by atoms with Crippen LogP contribution in [-0.2, 0) is 16.1 Å². The summed E-state index contributed by atoms with van der Waals surface area (Å²) in [7, 11) is 2.00. The molecule has 1 saturated heterocycles. The Morgan fingerprint density at radius 3 is 2.56 bits per heavy atom. The average Bonchev–Trinajstić information content (AvgIpc) is 2.87. The maximum absolute atomic E-state index is 12.4. The Morgan fingerprint density at radius 2 is 1.85 bits per heavy atom. The lowest BCUT2D eigenvalue weighted by Crippen LogP contribution is -2.35. The number of rotatable bonds is 2. The molecule has 5 nitrogen and oxygen atoms in total. The topological polar surface area (TPSA) is 60.9 Å². The Bertz CT molecular complexity index is 947. The monoisotopic (exact) mass is 404 g/mol. The van der Waals surface area contributed by atoms with Crippen molar-refractivity contribution in [3.63, 3.8) is 0 Å². The second kappa shape index (κ2) is 6.91. The van der Waals surface area contributed by atoms with Crippen LogP contribution >= 0.6 is 23.2 Å². The number of carbonyl (C=O) groups excluding carboxylic acids is 2. The highest BCUT2D eigenvalue weighted by molar-refractivity contribution is 6.35. The zero-order valence-corrected chi connectivity index (χ0v) is 16.2. The van der Waals surface area contributed by atoms with Crippen molar-refractivity contribution in [2.24, 2.45) is 0 Å². The van der Waals surface area contributed by atoms with Crippen molar-refractivity contribution in [1.82, 2.24) is 4.90 Å². The summed E-state index contributed by atoms with van der Waals surface area (Å²) in [6, 6.07) is 10.9. The summed E-state index contributed by atoms with van der Waals surface area (Å²) in [5.41, 5.74) is 3.33. The summed E-state index contributed by atoms with van der Waals surface area (Å²) in [5.74, 6) is -1.08. The number of aliphatic hydroxyl groups is 1. The highest BCUT2D eigenvalue weighted by atomic mass is 35.5. The molecule has 2 atom stereocenters. The second-order valence-corrected chi connectivity index (χ2v) is 7.89. The zero-order valence-electron chi connectivity index (χ0n) is 14.7. The lowest BCUT2D eigenvalue weighted by molar-refractivity contribution is -0.124. The van der Waals surface area contributed by atoms with Gasteiger partial charge in [0.25, 0.3) is 5.91 Å². The Balaban J connectivity index is 1.87. The van der Waals surface area contributed by atoms with E-state index in [1.165, 1.54) is 0 Å². The summed E-state index contributed by atoms with van der Waals surface area (Å²) in [5, 5.41) is 11.0. The summed E-state index contributed by atoms with van der Waals surface area (Å²) in [6.45, 7) is 1.39. The Hall–Kier alpha value is -1.92. The Labute approximate surface area is 167 Å². The summed E-state index contributed by atoms with van der Waals surface area (Å²) in [4.78, 5) is 28.0. The molecule has 2 heterocycles. The third kappa shape index (κ3) is 3.15. The number of amides is 2. The number of hydrogen-bond acceptors (Lipinski definition) is 4. The average molecular weight is 405 g/mol. The number of fused-ring (bicyclic) bond motifs is 1. The first-order chi connectivity index (χ1) is 12.9. The molecule has 1 N–H and O–H groups in total. The largest absolute Gasteiger partial charge is 0.383 e. The first kappa shape index (κ1) is 18.4. The van der Waals surface area contributed by atoms with E-state index in [9.17, 15) is 14.7 Å². The molecule has 2 unspecified atom stereocenters. The van der Waals surface area contributed by atoms with Gasteiger partial charge in [-0.25, -0.2) is 4.90 Å². The van der Waals surface area contributed by atoms with Crippen LogP contribution in [0.3, 0.4) is 0 Å². The number of imide groups is 1. The lowest BCUT2D eigenvalue weighted by atomic mass is 9.83. The quantitative estimate of drug-likeness (QED) is 0.780. The molecule has 0 aromatic heterocycles. The van der Waals surface area contributed by atoms with Crippen molar-refractivity contribution >= 4 is 40.7 Å². The SMILES string of the molecule is CN1Cc2c(Cl)cc(Cl)cc2C(c2ccccc2N2C(=O)CC(O)C2=O)C1. The summed E-state index contributed by atoms with van der Waals surface area (Å²) in [6.07, 6.45) is -1.47. The van der Waals surface area contributed by atoms with Crippen molar-refractivity contribution in [2.75, 3.05) is 18.5 Å². The van der Waals surface area contributed by atoms with E-state index in [1.54, 1.807) is 18.2 Å². The van der Waals surface area contributed by atoms with Gasteiger partial charge in [-0.05, 0) is 41.9 Å². The fourth-order valence-electron chi connectivity index (χ4n) is 3.97. The van der Waals surface area contributed by atoms with E-state index in [0.29, 0.717) is 28.8 Å². The first-order valence-electron chi connectivity index (χ1n) is 8.67. The fourth-order valence-corrected chi connectivity index (χ4v) is 4.54. The number of para-hydroxylation sites is 1. The van der Waals surface area contributed by atoms with E-state index >= 15 is 0 Å². The minimum absolute atomic E-state index is 0.107. The van der Waals surface area contributed by atoms with Gasteiger partial charge in [-0.1, -0.05) is 41.4 Å². The normalized spacial score (nSPS) is 23.0. The molecule has 0 spiro atoms. The second-order valence-electron chi connectivity index (χ2n) is 7.05. The van der Waals surface area contributed by atoms with E-state index in [2.05, 4.69) is 4.90 Å². The van der Waals surface area contributed by atoms with Crippen LogP contribution in [0.1, 0.15) is 29.0 Å². The van der Waals surface area contributed by atoms with Gasteiger partial charge in [0, 0.05) is 29.1 Å². The molecule has 0 aliphatic carbocycles. The van der Waals surface area contributed by atoms with Crippen molar-refractivity contribution < 1.29 is 14.7 Å². The van der Waals surface area contributed by atoms with Gasteiger partial charge in [-0.15, -0.1) is 0 Å². The van der Waals surface area contributed by atoms with Crippen molar-refractivity contribution in [3.05, 3.63) is 63.1 Å². The number of hydrogen-bond donors (Lipinski definition) is 1. The van der Waals surface area contributed by atoms with Gasteiger partial charge in [-0.2, -0.15) is 0 Å². The standard InChI is InChI=1S/C20H18Cl2N2O3/c1-23-9-14(13-6-11(21)7-16(22)15(13)10-23)12-4-2-3-5-17(12)24-19(26)8-18(25)20(24)27/h2-7,14,18,25H,8-10H2,1H3. The summed E-state index contributed by atoms with van der Waals surface area (Å²) < 4.78 is 0. The third-order valence-electron chi connectivity index (χ3n) is 5.17. The van der Waals surface area contributed by atoms with Crippen molar-refractivity contribution in [1.29, 1.82) is 0 Å². The van der Waals surface area contributed by atoms with Crippen molar-refractivity contribution in [3.8, 4) is 0 Å². The Morgan fingerprint density at radius 1 is 1.11 bits per heavy atom. The molecule has 0 saturated carbocycles. The van der Waals surface area contributed by atoms with Gasteiger partial charge in [0.1, 0.15) is 6.10 Å². The number of anilines is 1. The number of likely N-dealkylation sites (N-methyl/N-ethyl adjacent to an activating group) is 1. The molecule has 2 aromatic carbocycles. The molecule has 2 aromatic rings. The number of aliphatic hydroxyl groups excluding tert-OH is 1. The van der Waals surface area contributed by atoms with Crippen molar-refractivity contribution in [2.45, 2.75) is 25.0 Å². The Kier molecular flexibility index (Phi) is 4.72. The van der Waals surface area contributed by atoms with E-state index in [0.717, 1.165) is 21.6 Å². The van der Waals surface area contributed by atoms with Gasteiger partial charge in [-0.3, -0.25) is 9.59 Å². The van der Waals surface area contributed by atoms with E-state index in [-0.39, 0.29) is 12.3 Å². The van der Waals surface area contributed by atoms with Crippen LogP contribution in [0.4, 0.5) is 5.69 Å². The highest BCUT2D eigenvalue weighted by Crippen LogP contribution is 2.42. The maximum atomic E-state index is 12.4. The smallest absolute Gasteiger partial charge is 0.263 e. The van der Waals surface area contributed by atoms with E-state index in [1.807, 2.05) is 25.2 Å². The van der Waals surface area contributed by atoms with Crippen LogP contribution in [0.2, 0.25) is 10.0 Å². The predicted molar refractivity (Wildman–Crippen MR) is 104 cm³/mol. The van der Waals surface area contributed by atoms with Gasteiger partial charge in [0.15, 0.2) is 0 Å². The van der Waals surface area contributed by atoms with Crippen LogP contribution in [0.15, 0.2) is 36.4 Å². The first-order valence-corrected chi connectivity index (χ1v) is 9.42. The minimum atomic E-state index is -1.28. The minimum Gasteiger partial charge on any atom is -0.383 e. The predicted octanol–water partition coefficient (Wildman–Crippen LogP) is 3.19. The maximum Gasteiger partial charge on any atom is 0.263 e. The number of benzene rings is 2. The van der Waals surface area contributed by atoms with Gasteiger partial charge in [0.05, 0.1) is 12.1 Å². The molecule has 7 heteroatoms. The third-order valence-corrected chi connectivity index (χ3v) is 5.72. The number of carbonyl (C=O) groups is 2. The lowest BCUT2D eigenvalue weighted by Gasteiger charge is -2.35. The number of nitrogens with zero attached hydrogens (tertiary/aromatic N) is 2.